The molecule has 0 saturated carbocycles. The predicted molar refractivity (Wildman–Crippen MR) is 125 cm³/mol. The normalized spacial score (nSPS) is 10.7. The number of aryl methyl sites for hydroxylation is 1. The Morgan fingerprint density at radius 2 is 1.59 bits per heavy atom. The third-order valence-electron chi connectivity index (χ3n) is 5.19. The zero-order chi connectivity index (χ0) is 22.5. The average molecular weight is 430 g/mol. The third-order valence-corrected chi connectivity index (χ3v) is 5.19. The molecule has 6 nitrogen and oxygen atoms in total. The molecule has 3 amide bonds. The van der Waals surface area contributed by atoms with Crippen LogP contribution in [0.3, 0.4) is 0 Å². The van der Waals surface area contributed by atoms with E-state index in [1.165, 1.54) is 19.2 Å². The first kappa shape index (κ1) is 21.1. The molecule has 1 aromatic heterocycles. The van der Waals surface area contributed by atoms with Crippen molar-refractivity contribution in [1.82, 2.24) is 10.3 Å². The minimum Gasteiger partial charge on any atom is -0.354 e. The lowest BCUT2D eigenvalue weighted by Crippen LogP contribution is -2.24. The van der Waals surface area contributed by atoms with Gasteiger partial charge in [-0.15, -0.1) is 0 Å². The molecule has 4 N–H and O–H groups in total. The van der Waals surface area contributed by atoms with Crippen LogP contribution < -0.4 is 16.0 Å². The molecule has 7 heteroatoms. The Labute approximate surface area is 184 Å². The number of hydrogen-bond donors (Lipinski definition) is 4. The number of carbonyl (C=O) groups is 2. The topological polar surface area (TPSA) is 86.0 Å². The smallest absolute Gasteiger partial charge is 0.318 e. The molecule has 0 radical (unpaired) electrons. The summed E-state index contributed by atoms with van der Waals surface area (Å²) in [7, 11) is 1.54. The number of nitrogens with one attached hydrogen (secondary N) is 4. The van der Waals surface area contributed by atoms with Crippen molar-refractivity contribution in [2.24, 2.45) is 0 Å². The van der Waals surface area contributed by atoms with E-state index in [1.54, 1.807) is 30.3 Å². The molecule has 3 aromatic carbocycles. The van der Waals surface area contributed by atoms with E-state index in [-0.39, 0.29) is 24.2 Å². The lowest BCUT2D eigenvalue weighted by atomic mass is 10.0. The zero-order valence-corrected chi connectivity index (χ0v) is 17.5. The van der Waals surface area contributed by atoms with Crippen molar-refractivity contribution in [3.63, 3.8) is 0 Å². The van der Waals surface area contributed by atoms with E-state index in [0.717, 1.165) is 27.7 Å². The highest BCUT2D eigenvalue weighted by atomic mass is 19.1. The summed E-state index contributed by atoms with van der Waals surface area (Å²) in [5.41, 5.74) is 4.87. The van der Waals surface area contributed by atoms with Crippen molar-refractivity contribution in [3.8, 4) is 11.3 Å². The fraction of sp³-hybridized carbons (Fsp3) is 0.120. The monoisotopic (exact) mass is 430 g/mol. The molecule has 1 heterocycles. The van der Waals surface area contributed by atoms with Crippen LogP contribution in [0.1, 0.15) is 12.0 Å². The number of halogens is 1. The maximum absolute atomic E-state index is 13.9. The summed E-state index contributed by atoms with van der Waals surface area (Å²) in [5.74, 6) is -0.464. The van der Waals surface area contributed by atoms with Crippen molar-refractivity contribution in [3.05, 3.63) is 84.2 Å². The lowest BCUT2D eigenvalue weighted by molar-refractivity contribution is -0.116. The number of fused-ring (bicyclic) bond motifs is 1. The van der Waals surface area contributed by atoms with Crippen LogP contribution in [0.2, 0.25) is 0 Å². The van der Waals surface area contributed by atoms with Gasteiger partial charge >= 0.3 is 6.03 Å². The Balaban J connectivity index is 1.49. The minimum absolute atomic E-state index is 0.151. The first-order valence-electron chi connectivity index (χ1n) is 10.3. The standard InChI is InChI=1S/C25H23FN4O2/c1-27-25(32)29-19-10-8-18(9-11-19)28-23(31)14-12-20-21-15-17(26)7-13-22(21)30-24(20)16-5-3-2-4-6-16/h2-11,13,15,30H,12,14H2,1H3,(H,28,31)(H2,27,29,32). The van der Waals surface area contributed by atoms with Gasteiger partial charge < -0.3 is 20.9 Å². The minimum atomic E-state index is -0.314. The van der Waals surface area contributed by atoms with Gasteiger partial charge in [0.15, 0.2) is 0 Å². The average Bonchev–Trinajstić information content (AvgIpc) is 3.17. The summed E-state index contributed by atoms with van der Waals surface area (Å²) in [6, 6.07) is 21.0. The van der Waals surface area contributed by atoms with Crippen LogP contribution in [0.25, 0.3) is 22.2 Å². The highest BCUT2D eigenvalue weighted by molar-refractivity contribution is 5.94. The van der Waals surface area contributed by atoms with E-state index < -0.39 is 0 Å². The van der Waals surface area contributed by atoms with Gasteiger partial charge in [0.2, 0.25) is 5.91 Å². The van der Waals surface area contributed by atoms with Crippen LogP contribution in [0, 0.1) is 5.82 Å². The van der Waals surface area contributed by atoms with E-state index in [0.29, 0.717) is 17.8 Å². The number of urea groups is 1. The number of H-pyrrole nitrogens is 1. The van der Waals surface area contributed by atoms with Gasteiger partial charge in [-0.2, -0.15) is 0 Å². The van der Waals surface area contributed by atoms with Gasteiger partial charge in [0.25, 0.3) is 0 Å². The fourth-order valence-corrected chi connectivity index (χ4v) is 3.62. The first-order chi connectivity index (χ1) is 15.5. The van der Waals surface area contributed by atoms with Crippen molar-refractivity contribution in [2.75, 3.05) is 17.7 Å². The second kappa shape index (κ2) is 9.34. The van der Waals surface area contributed by atoms with E-state index in [9.17, 15) is 14.0 Å². The molecule has 0 atom stereocenters. The maximum Gasteiger partial charge on any atom is 0.318 e. The van der Waals surface area contributed by atoms with Crippen molar-refractivity contribution < 1.29 is 14.0 Å². The van der Waals surface area contributed by atoms with Gasteiger partial charge in [-0.25, -0.2) is 9.18 Å². The first-order valence-corrected chi connectivity index (χ1v) is 10.3. The maximum atomic E-state index is 13.9. The van der Waals surface area contributed by atoms with Crippen LogP contribution in [-0.4, -0.2) is 24.0 Å². The number of rotatable bonds is 6. The molecule has 0 aliphatic heterocycles. The molecular weight excluding hydrogens is 407 g/mol. The number of benzene rings is 3. The number of carbonyl (C=O) groups excluding carboxylic acids is 2. The summed E-state index contributed by atoms with van der Waals surface area (Å²) in [6.45, 7) is 0. The molecule has 0 spiro atoms. The number of aromatic nitrogens is 1. The highest BCUT2D eigenvalue weighted by Crippen LogP contribution is 2.32. The summed E-state index contributed by atoms with van der Waals surface area (Å²) in [6.07, 6.45) is 0.692. The molecule has 4 aromatic rings. The van der Waals surface area contributed by atoms with Crippen molar-refractivity contribution >= 4 is 34.2 Å². The van der Waals surface area contributed by atoms with Crippen LogP contribution >= 0.6 is 0 Å². The Morgan fingerprint density at radius 3 is 2.28 bits per heavy atom. The van der Waals surface area contributed by atoms with Crippen molar-refractivity contribution in [1.29, 1.82) is 0 Å². The summed E-state index contributed by atoms with van der Waals surface area (Å²) in [5, 5.41) is 8.78. The molecular formula is C25H23FN4O2. The quantitative estimate of drug-likeness (QED) is 0.335. The number of anilines is 2. The second-order valence-electron chi connectivity index (χ2n) is 7.36. The van der Waals surface area contributed by atoms with Gasteiger partial charge in [0.05, 0.1) is 0 Å². The van der Waals surface area contributed by atoms with Crippen LogP contribution in [-0.2, 0) is 11.2 Å². The molecule has 162 valence electrons. The van der Waals surface area contributed by atoms with Gasteiger partial charge in [-0.3, -0.25) is 4.79 Å². The molecule has 0 bridgehead atoms. The predicted octanol–water partition coefficient (Wildman–Crippen LogP) is 5.30. The Morgan fingerprint density at radius 1 is 0.906 bits per heavy atom. The Bertz CT molecular complexity index is 1250. The van der Waals surface area contributed by atoms with Gasteiger partial charge in [0.1, 0.15) is 5.82 Å². The van der Waals surface area contributed by atoms with E-state index >= 15 is 0 Å². The number of hydrogen-bond acceptors (Lipinski definition) is 2. The summed E-state index contributed by atoms with van der Waals surface area (Å²) in [4.78, 5) is 27.3. The molecule has 0 fully saturated rings. The molecule has 4 rings (SSSR count). The highest BCUT2D eigenvalue weighted by Gasteiger charge is 2.15. The lowest BCUT2D eigenvalue weighted by Gasteiger charge is -2.09. The van der Waals surface area contributed by atoms with Crippen LogP contribution in [0.4, 0.5) is 20.6 Å². The van der Waals surface area contributed by atoms with Gasteiger partial charge in [0, 0.05) is 41.4 Å². The third kappa shape index (κ3) is 4.78. The fourth-order valence-electron chi connectivity index (χ4n) is 3.62. The van der Waals surface area contributed by atoms with Gasteiger partial charge in [-0.05, 0) is 60.0 Å². The second-order valence-corrected chi connectivity index (χ2v) is 7.36. The Hall–Kier alpha value is -4.13. The number of amides is 3. The Kier molecular flexibility index (Phi) is 6.17. The molecule has 0 aliphatic rings. The molecule has 32 heavy (non-hydrogen) atoms. The van der Waals surface area contributed by atoms with E-state index in [1.807, 2.05) is 30.3 Å². The summed E-state index contributed by atoms with van der Waals surface area (Å²) < 4.78 is 13.9. The molecule has 0 aliphatic carbocycles. The molecule has 0 unspecified atom stereocenters. The summed E-state index contributed by atoms with van der Waals surface area (Å²) >= 11 is 0. The van der Waals surface area contributed by atoms with Crippen molar-refractivity contribution in [2.45, 2.75) is 12.8 Å². The van der Waals surface area contributed by atoms with Gasteiger partial charge in [-0.1, -0.05) is 30.3 Å². The van der Waals surface area contributed by atoms with Crippen LogP contribution in [0.15, 0.2) is 72.8 Å². The van der Waals surface area contributed by atoms with Crippen LogP contribution in [0.5, 0.6) is 0 Å². The number of aromatic amines is 1. The largest absolute Gasteiger partial charge is 0.354 e. The van der Waals surface area contributed by atoms with E-state index in [4.69, 9.17) is 0 Å². The SMILES string of the molecule is CNC(=O)Nc1ccc(NC(=O)CCc2c(-c3ccccc3)[nH]c3ccc(F)cc23)cc1. The van der Waals surface area contributed by atoms with E-state index in [2.05, 4.69) is 20.9 Å². The molecule has 0 saturated heterocycles. The zero-order valence-electron chi connectivity index (χ0n) is 17.5.